The number of halogens is 1. The Bertz CT molecular complexity index is 1320. The summed E-state index contributed by atoms with van der Waals surface area (Å²) >= 11 is 6.19. The van der Waals surface area contributed by atoms with Crippen molar-refractivity contribution in [1.29, 1.82) is 0 Å². The van der Waals surface area contributed by atoms with Crippen molar-refractivity contribution in [2.24, 2.45) is 0 Å². The van der Waals surface area contributed by atoms with Gasteiger partial charge < -0.3 is 4.74 Å². The zero-order valence-electron chi connectivity index (χ0n) is 16.8. The number of benzene rings is 2. The third-order valence-corrected chi connectivity index (χ3v) is 5.66. The van der Waals surface area contributed by atoms with Gasteiger partial charge in [-0.3, -0.25) is 20.4 Å². The highest BCUT2D eigenvalue weighted by Gasteiger charge is 2.22. The standard InChI is InChI=1S/C20H17ClN4O6S/c1-31-20(28)15-11-17(25(24-15)16-9-4-3-8-14(16)21)19(27)23-22-18(26)12-6-5-7-13(10-12)32(2,29)30/h3-11H,1-2H3,(H,22,26)(H,23,27). The molecule has 0 radical (unpaired) electrons. The number of aromatic nitrogens is 2. The summed E-state index contributed by atoms with van der Waals surface area (Å²) in [5.74, 6) is -2.33. The van der Waals surface area contributed by atoms with Crippen LogP contribution < -0.4 is 10.9 Å². The van der Waals surface area contributed by atoms with Gasteiger partial charge in [-0.05, 0) is 30.3 Å². The summed E-state index contributed by atoms with van der Waals surface area (Å²) in [6.07, 6.45) is 1.01. The van der Waals surface area contributed by atoms with Crippen LogP contribution in [0.1, 0.15) is 31.3 Å². The Hall–Kier alpha value is -3.70. The predicted molar refractivity (Wildman–Crippen MR) is 114 cm³/mol. The van der Waals surface area contributed by atoms with Gasteiger partial charge in [-0.25, -0.2) is 17.9 Å². The first-order valence-electron chi connectivity index (χ1n) is 8.96. The molecule has 0 aliphatic heterocycles. The molecule has 0 saturated heterocycles. The lowest BCUT2D eigenvalue weighted by atomic mass is 10.2. The predicted octanol–water partition coefficient (Wildman–Crippen LogP) is 1.79. The average Bonchev–Trinajstić information content (AvgIpc) is 3.22. The summed E-state index contributed by atoms with van der Waals surface area (Å²) in [6, 6.07) is 13.0. The number of amides is 2. The van der Waals surface area contributed by atoms with E-state index in [1.807, 2.05) is 0 Å². The van der Waals surface area contributed by atoms with Crippen LogP contribution in [0, 0.1) is 0 Å². The van der Waals surface area contributed by atoms with Crippen LogP contribution in [0.25, 0.3) is 5.69 Å². The van der Waals surface area contributed by atoms with Crippen LogP contribution in [0.2, 0.25) is 5.02 Å². The number of nitrogens with one attached hydrogen (secondary N) is 2. The molecule has 12 heteroatoms. The van der Waals surface area contributed by atoms with E-state index in [9.17, 15) is 22.8 Å². The van der Waals surface area contributed by atoms with E-state index in [4.69, 9.17) is 11.6 Å². The molecule has 166 valence electrons. The first-order chi connectivity index (χ1) is 15.1. The first kappa shape index (κ1) is 23.0. The monoisotopic (exact) mass is 476 g/mol. The van der Waals surface area contributed by atoms with Crippen LogP contribution >= 0.6 is 11.6 Å². The quantitative estimate of drug-likeness (QED) is 0.423. The average molecular weight is 477 g/mol. The molecule has 0 atom stereocenters. The number of rotatable bonds is 5. The fraction of sp³-hybridized carbons (Fsp3) is 0.100. The van der Waals surface area contributed by atoms with Gasteiger partial charge in [-0.15, -0.1) is 0 Å². The van der Waals surface area contributed by atoms with E-state index in [1.165, 1.54) is 37.4 Å². The minimum atomic E-state index is -3.52. The maximum atomic E-state index is 12.8. The number of hydrogen-bond acceptors (Lipinski definition) is 7. The number of para-hydroxylation sites is 1. The van der Waals surface area contributed by atoms with Crippen molar-refractivity contribution in [3.05, 3.63) is 76.6 Å². The molecular weight excluding hydrogens is 460 g/mol. The van der Waals surface area contributed by atoms with E-state index in [-0.39, 0.29) is 26.9 Å². The summed E-state index contributed by atoms with van der Waals surface area (Å²) in [5.41, 5.74) is 4.49. The Morgan fingerprint density at radius 2 is 1.69 bits per heavy atom. The number of methoxy groups -OCH3 is 1. The number of ether oxygens (including phenoxy) is 1. The molecule has 0 unspecified atom stereocenters. The van der Waals surface area contributed by atoms with E-state index in [2.05, 4.69) is 20.7 Å². The molecule has 2 N–H and O–H groups in total. The summed E-state index contributed by atoms with van der Waals surface area (Å²) in [6.45, 7) is 0. The maximum Gasteiger partial charge on any atom is 0.358 e. The second-order valence-electron chi connectivity index (χ2n) is 6.48. The lowest BCUT2D eigenvalue weighted by Crippen LogP contribution is -2.42. The molecule has 3 rings (SSSR count). The number of carbonyl (C=O) groups is 3. The lowest BCUT2D eigenvalue weighted by molar-refractivity contribution is 0.0593. The van der Waals surface area contributed by atoms with Gasteiger partial charge in [0.15, 0.2) is 15.5 Å². The molecule has 3 aromatic rings. The normalized spacial score (nSPS) is 11.0. The zero-order chi connectivity index (χ0) is 23.5. The van der Waals surface area contributed by atoms with Crippen LogP contribution in [0.3, 0.4) is 0 Å². The highest BCUT2D eigenvalue weighted by Crippen LogP contribution is 2.22. The van der Waals surface area contributed by atoms with Gasteiger partial charge in [0.05, 0.1) is 22.7 Å². The third-order valence-electron chi connectivity index (χ3n) is 4.23. The zero-order valence-corrected chi connectivity index (χ0v) is 18.4. The van der Waals surface area contributed by atoms with Gasteiger partial charge in [-0.1, -0.05) is 29.8 Å². The lowest BCUT2D eigenvalue weighted by Gasteiger charge is -2.11. The van der Waals surface area contributed by atoms with Gasteiger partial charge in [0.1, 0.15) is 5.69 Å². The molecule has 2 amide bonds. The highest BCUT2D eigenvalue weighted by molar-refractivity contribution is 7.90. The van der Waals surface area contributed by atoms with E-state index in [1.54, 1.807) is 24.3 Å². The maximum absolute atomic E-state index is 12.8. The van der Waals surface area contributed by atoms with Crippen molar-refractivity contribution in [3.63, 3.8) is 0 Å². The van der Waals surface area contributed by atoms with Crippen LogP contribution in [-0.4, -0.2) is 49.3 Å². The number of sulfone groups is 1. The molecule has 0 fully saturated rings. The van der Waals surface area contributed by atoms with Crippen LogP contribution in [0.4, 0.5) is 0 Å². The first-order valence-corrected chi connectivity index (χ1v) is 11.2. The summed E-state index contributed by atoms with van der Waals surface area (Å²) < 4.78 is 29.1. The minimum absolute atomic E-state index is 0.0167. The Morgan fingerprint density at radius 1 is 1.00 bits per heavy atom. The molecule has 0 spiro atoms. The van der Waals surface area contributed by atoms with E-state index in [0.717, 1.165) is 10.9 Å². The van der Waals surface area contributed by atoms with Crippen molar-refractivity contribution in [2.75, 3.05) is 13.4 Å². The number of carbonyl (C=O) groups excluding carboxylic acids is 3. The Balaban J connectivity index is 1.86. The number of hydrogen-bond donors (Lipinski definition) is 2. The van der Waals surface area contributed by atoms with Gasteiger partial charge in [0, 0.05) is 17.9 Å². The Morgan fingerprint density at radius 3 is 2.34 bits per heavy atom. The van der Waals surface area contributed by atoms with Gasteiger partial charge in [0.2, 0.25) is 0 Å². The molecule has 0 bridgehead atoms. The van der Waals surface area contributed by atoms with E-state index in [0.29, 0.717) is 5.69 Å². The molecule has 1 aromatic heterocycles. The molecule has 0 saturated carbocycles. The fourth-order valence-corrected chi connectivity index (χ4v) is 3.55. The second kappa shape index (κ2) is 9.20. The SMILES string of the molecule is COC(=O)c1cc(C(=O)NNC(=O)c2cccc(S(C)(=O)=O)c2)n(-c2ccccc2Cl)n1. The summed E-state index contributed by atoms with van der Waals surface area (Å²) in [5, 5.41) is 4.34. The Kier molecular flexibility index (Phi) is 6.61. The molecule has 0 aliphatic carbocycles. The largest absolute Gasteiger partial charge is 0.464 e. The summed E-state index contributed by atoms with van der Waals surface area (Å²) in [7, 11) is -2.35. The molecular formula is C20H17ClN4O6S. The molecule has 2 aromatic carbocycles. The Labute approximate surface area is 188 Å². The number of esters is 1. The van der Waals surface area contributed by atoms with Crippen molar-refractivity contribution in [2.45, 2.75) is 4.90 Å². The van der Waals surface area contributed by atoms with Gasteiger partial charge >= 0.3 is 5.97 Å². The molecule has 32 heavy (non-hydrogen) atoms. The van der Waals surface area contributed by atoms with Gasteiger partial charge in [0.25, 0.3) is 11.8 Å². The van der Waals surface area contributed by atoms with Crippen LogP contribution in [0.15, 0.2) is 59.5 Å². The van der Waals surface area contributed by atoms with Crippen molar-refractivity contribution < 1.29 is 27.5 Å². The van der Waals surface area contributed by atoms with E-state index >= 15 is 0 Å². The molecule has 1 heterocycles. The smallest absolute Gasteiger partial charge is 0.358 e. The van der Waals surface area contributed by atoms with Crippen molar-refractivity contribution >= 4 is 39.2 Å². The van der Waals surface area contributed by atoms with Crippen molar-refractivity contribution in [3.8, 4) is 5.69 Å². The summed E-state index contributed by atoms with van der Waals surface area (Å²) in [4.78, 5) is 37.0. The van der Waals surface area contributed by atoms with Crippen LogP contribution in [-0.2, 0) is 14.6 Å². The van der Waals surface area contributed by atoms with E-state index < -0.39 is 27.6 Å². The topological polar surface area (TPSA) is 136 Å². The molecule has 0 aliphatic rings. The second-order valence-corrected chi connectivity index (χ2v) is 8.90. The third kappa shape index (κ3) is 4.95. The van der Waals surface area contributed by atoms with Crippen LogP contribution in [0.5, 0.6) is 0 Å². The minimum Gasteiger partial charge on any atom is -0.464 e. The highest BCUT2D eigenvalue weighted by atomic mass is 35.5. The molecule has 10 nitrogen and oxygen atoms in total. The number of nitrogens with zero attached hydrogens (tertiary/aromatic N) is 2. The van der Waals surface area contributed by atoms with Gasteiger partial charge in [-0.2, -0.15) is 5.10 Å². The number of hydrazine groups is 1. The fourth-order valence-electron chi connectivity index (χ4n) is 2.67. The van der Waals surface area contributed by atoms with Crippen molar-refractivity contribution in [1.82, 2.24) is 20.6 Å².